The van der Waals surface area contributed by atoms with Gasteiger partial charge in [-0.05, 0) is 62.0 Å². The molecule has 0 amide bonds. The van der Waals surface area contributed by atoms with E-state index in [0.717, 1.165) is 49.7 Å². The molecule has 0 heterocycles. The van der Waals surface area contributed by atoms with Crippen LogP contribution in [0.5, 0.6) is 0 Å². The second kappa shape index (κ2) is 11.0. The number of halogens is 1. The maximum atomic E-state index is 11.2. The Morgan fingerprint density at radius 1 is 1.32 bits per heavy atom. The van der Waals surface area contributed by atoms with Gasteiger partial charge in [0.15, 0.2) is 0 Å². The summed E-state index contributed by atoms with van der Waals surface area (Å²) in [5.41, 5.74) is 2.02. The van der Waals surface area contributed by atoms with E-state index in [1.165, 1.54) is 6.42 Å². The Morgan fingerprint density at radius 3 is 2.74 bits per heavy atom. The van der Waals surface area contributed by atoms with Crippen LogP contribution in [0.3, 0.4) is 0 Å². The van der Waals surface area contributed by atoms with Gasteiger partial charge >= 0.3 is 5.97 Å². The van der Waals surface area contributed by atoms with E-state index < -0.39 is 18.2 Å². The van der Waals surface area contributed by atoms with Gasteiger partial charge in [0.05, 0.1) is 12.2 Å². The lowest BCUT2D eigenvalue weighted by Gasteiger charge is -2.46. The molecule has 31 heavy (non-hydrogen) atoms. The van der Waals surface area contributed by atoms with Gasteiger partial charge in [0, 0.05) is 23.1 Å². The molecule has 2 aliphatic rings. The van der Waals surface area contributed by atoms with E-state index in [0.29, 0.717) is 12.8 Å². The van der Waals surface area contributed by atoms with Gasteiger partial charge in [0.25, 0.3) is 0 Å². The summed E-state index contributed by atoms with van der Waals surface area (Å²) in [6, 6.07) is 8.16. The van der Waals surface area contributed by atoms with Gasteiger partial charge in [-0.1, -0.05) is 56.2 Å². The monoisotopic (exact) mass is 448 g/mol. The summed E-state index contributed by atoms with van der Waals surface area (Å²) in [4.78, 5) is 10.6. The first-order valence-electron chi connectivity index (χ1n) is 11.8. The SMILES string of the molecule is CCCC1(C(O)c2cccc([C@@H]3[C@@H](C/C=C\CCCC(=O)O)[C@@H](Cl)C[C@H]3O)c2)CCC1. The van der Waals surface area contributed by atoms with Crippen molar-refractivity contribution in [3.63, 3.8) is 0 Å². The maximum Gasteiger partial charge on any atom is 0.303 e. The van der Waals surface area contributed by atoms with E-state index in [-0.39, 0.29) is 29.0 Å². The van der Waals surface area contributed by atoms with Crippen molar-refractivity contribution in [1.29, 1.82) is 0 Å². The van der Waals surface area contributed by atoms with E-state index in [9.17, 15) is 15.0 Å². The van der Waals surface area contributed by atoms with E-state index in [4.69, 9.17) is 16.7 Å². The first kappa shape index (κ1) is 24.3. The summed E-state index contributed by atoms with van der Waals surface area (Å²) in [5.74, 6) is -0.701. The summed E-state index contributed by atoms with van der Waals surface area (Å²) in [6.45, 7) is 2.18. The van der Waals surface area contributed by atoms with Gasteiger partial charge < -0.3 is 15.3 Å². The highest BCUT2D eigenvalue weighted by Crippen LogP contribution is 2.54. The first-order chi connectivity index (χ1) is 14.9. The Labute approximate surface area is 191 Å². The standard InChI is InChI=1S/C26H37ClO4/c1-2-13-26(14-8-15-26)25(31)19-10-7-9-18(16-19)24-20(21(27)17-22(24)28)11-5-3-4-6-12-23(29)30/h3,5,7,9-10,16,20-22,24-25,28,31H,2,4,6,8,11-15,17H2,1H3,(H,29,30)/b5-3-/t20-,21-,22+,24+,25?/m0/s1. The highest BCUT2D eigenvalue weighted by molar-refractivity contribution is 6.21. The smallest absolute Gasteiger partial charge is 0.303 e. The van der Waals surface area contributed by atoms with Crippen LogP contribution in [0.4, 0.5) is 0 Å². The Balaban J connectivity index is 1.71. The third-order valence-corrected chi connectivity index (χ3v) is 7.93. The summed E-state index contributed by atoms with van der Waals surface area (Å²) in [6.07, 6.45) is 11.5. The fourth-order valence-corrected chi connectivity index (χ4v) is 6.09. The number of allylic oxidation sites excluding steroid dienone is 2. The van der Waals surface area contributed by atoms with Gasteiger partial charge in [-0.2, -0.15) is 0 Å². The number of benzene rings is 1. The van der Waals surface area contributed by atoms with Gasteiger partial charge in [-0.3, -0.25) is 4.79 Å². The molecule has 0 spiro atoms. The Hall–Kier alpha value is -1.36. The van der Waals surface area contributed by atoms with Gasteiger partial charge in [-0.15, -0.1) is 11.6 Å². The molecular weight excluding hydrogens is 412 g/mol. The summed E-state index contributed by atoms with van der Waals surface area (Å²) in [7, 11) is 0. The van der Waals surface area contributed by atoms with Crippen LogP contribution >= 0.6 is 11.6 Å². The Morgan fingerprint density at radius 2 is 2.10 bits per heavy atom. The lowest BCUT2D eigenvalue weighted by atomic mass is 9.61. The quantitative estimate of drug-likeness (QED) is 0.221. The van der Waals surface area contributed by atoms with Crippen LogP contribution in [-0.2, 0) is 4.79 Å². The molecule has 1 unspecified atom stereocenters. The number of carboxylic acids is 1. The molecule has 0 bridgehead atoms. The zero-order valence-corrected chi connectivity index (χ0v) is 19.3. The van der Waals surface area contributed by atoms with E-state index in [1.54, 1.807) is 0 Å². The molecule has 1 aromatic carbocycles. The Kier molecular flexibility index (Phi) is 8.60. The number of aliphatic carboxylic acids is 1. The van der Waals surface area contributed by atoms with Gasteiger partial charge in [0.1, 0.15) is 0 Å². The molecule has 2 aliphatic carbocycles. The van der Waals surface area contributed by atoms with Crippen molar-refractivity contribution in [2.45, 2.75) is 94.6 Å². The number of alkyl halides is 1. The minimum absolute atomic E-state index is 0.00871. The van der Waals surface area contributed by atoms with Crippen LogP contribution in [0.25, 0.3) is 0 Å². The van der Waals surface area contributed by atoms with E-state index >= 15 is 0 Å². The van der Waals surface area contributed by atoms with Crippen LogP contribution in [0.1, 0.15) is 94.3 Å². The molecule has 5 atom stereocenters. The topological polar surface area (TPSA) is 77.8 Å². The first-order valence-corrected chi connectivity index (χ1v) is 12.3. The molecule has 3 rings (SSSR count). The van der Waals surface area contributed by atoms with Crippen LogP contribution in [0.2, 0.25) is 0 Å². The van der Waals surface area contributed by atoms with Crippen molar-refractivity contribution >= 4 is 17.6 Å². The van der Waals surface area contributed by atoms with Gasteiger partial charge in [0.2, 0.25) is 0 Å². The van der Waals surface area contributed by atoms with Crippen LogP contribution in [-0.4, -0.2) is 32.8 Å². The average molecular weight is 449 g/mol. The number of aliphatic hydroxyl groups excluding tert-OH is 2. The minimum Gasteiger partial charge on any atom is -0.481 e. The predicted molar refractivity (Wildman–Crippen MR) is 124 cm³/mol. The molecule has 1 aromatic rings. The second-order valence-corrected chi connectivity index (χ2v) is 10.1. The van der Waals surface area contributed by atoms with Gasteiger partial charge in [-0.25, -0.2) is 0 Å². The second-order valence-electron chi connectivity index (χ2n) is 9.54. The maximum absolute atomic E-state index is 11.2. The number of hydrogen-bond acceptors (Lipinski definition) is 3. The summed E-state index contributed by atoms with van der Waals surface area (Å²) < 4.78 is 0. The molecule has 0 aliphatic heterocycles. The molecule has 0 aromatic heterocycles. The largest absolute Gasteiger partial charge is 0.481 e. The molecule has 5 heteroatoms. The van der Waals surface area contributed by atoms with Crippen molar-refractivity contribution in [2.24, 2.45) is 11.3 Å². The molecule has 3 N–H and O–H groups in total. The molecule has 4 nitrogen and oxygen atoms in total. The van der Waals surface area contributed by atoms with Crippen LogP contribution in [0.15, 0.2) is 36.4 Å². The van der Waals surface area contributed by atoms with E-state index in [1.807, 2.05) is 18.2 Å². The number of carboxylic acid groups (broad SMARTS) is 1. The van der Waals surface area contributed by atoms with Crippen LogP contribution in [0, 0.1) is 11.3 Å². The fraction of sp³-hybridized carbons (Fsp3) is 0.654. The normalized spacial score (nSPS) is 28.5. The molecular formula is C26H37ClO4. The highest BCUT2D eigenvalue weighted by atomic mass is 35.5. The molecule has 172 valence electrons. The number of rotatable bonds is 11. The third-order valence-electron chi connectivity index (χ3n) is 7.43. The lowest BCUT2D eigenvalue weighted by molar-refractivity contribution is -0.137. The fourth-order valence-electron chi connectivity index (χ4n) is 5.65. The van der Waals surface area contributed by atoms with Crippen molar-refractivity contribution < 1.29 is 20.1 Å². The number of aliphatic hydroxyl groups is 2. The zero-order valence-electron chi connectivity index (χ0n) is 18.5. The summed E-state index contributed by atoms with van der Waals surface area (Å²) >= 11 is 6.63. The van der Waals surface area contributed by atoms with Crippen molar-refractivity contribution in [3.05, 3.63) is 47.5 Å². The predicted octanol–water partition coefficient (Wildman–Crippen LogP) is 5.96. The molecule has 2 fully saturated rings. The number of hydrogen-bond donors (Lipinski definition) is 3. The average Bonchev–Trinajstić information content (AvgIpc) is 2.99. The van der Waals surface area contributed by atoms with E-state index in [2.05, 4.69) is 25.1 Å². The highest BCUT2D eigenvalue weighted by Gasteiger charge is 2.44. The lowest BCUT2D eigenvalue weighted by Crippen LogP contribution is -2.36. The Bertz CT molecular complexity index is 758. The minimum atomic E-state index is -0.766. The summed E-state index contributed by atoms with van der Waals surface area (Å²) in [5, 5.41) is 30.6. The van der Waals surface area contributed by atoms with Crippen LogP contribution < -0.4 is 0 Å². The van der Waals surface area contributed by atoms with Crippen molar-refractivity contribution in [1.82, 2.24) is 0 Å². The number of unbranched alkanes of at least 4 members (excludes halogenated alkanes) is 1. The third kappa shape index (κ3) is 5.71. The zero-order chi connectivity index (χ0) is 22.4. The van der Waals surface area contributed by atoms with Crippen molar-refractivity contribution in [3.8, 4) is 0 Å². The molecule has 0 radical (unpaired) electrons. The molecule has 0 saturated heterocycles. The van der Waals surface area contributed by atoms with Crippen molar-refractivity contribution in [2.75, 3.05) is 0 Å². The number of carbonyl (C=O) groups is 1. The molecule has 2 saturated carbocycles.